The molecule has 0 radical (unpaired) electrons. The van der Waals surface area contributed by atoms with Crippen LogP contribution >= 0.6 is 11.6 Å². The molecule has 1 amide bonds. The van der Waals surface area contributed by atoms with Crippen molar-refractivity contribution < 1.29 is 18.7 Å². The summed E-state index contributed by atoms with van der Waals surface area (Å²) in [5.41, 5.74) is 0.639. The predicted molar refractivity (Wildman–Crippen MR) is 108 cm³/mol. The average Bonchev–Trinajstić information content (AvgIpc) is 2.68. The van der Waals surface area contributed by atoms with Gasteiger partial charge >= 0.3 is 0 Å². The van der Waals surface area contributed by atoms with Crippen LogP contribution in [0.5, 0.6) is 17.2 Å². The number of amides is 1. The van der Waals surface area contributed by atoms with E-state index in [2.05, 4.69) is 5.32 Å². The van der Waals surface area contributed by atoms with E-state index in [0.29, 0.717) is 23.8 Å². The Labute approximate surface area is 167 Å². The first-order valence-electron chi connectivity index (χ1n) is 8.79. The van der Waals surface area contributed by atoms with Crippen LogP contribution in [0.15, 0.2) is 66.7 Å². The lowest BCUT2D eigenvalue weighted by Crippen LogP contribution is -2.16. The lowest BCUT2D eigenvalue weighted by Gasteiger charge is -2.13. The summed E-state index contributed by atoms with van der Waals surface area (Å²) in [5, 5.41) is 2.97. The van der Waals surface area contributed by atoms with Gasteiger partial charge in [0.25, 0.3) is 0 Å². The van der Waals surface area contributed by atoms with Crippen molar-refractivity contribution in [3.8, 4) is 17.2 Å². The van der Waals surface area contributed by atoms with Crippen molar-refractivity contribution in [1.29, 1.82) is 0 Å². The van der Waals surface area contributed by atoms with Crippen LogP contribution in [-0.4, -0.2) is 12.5 Å². The van der Waals surface area contributed by atoms with E-state index in [4.69, 9.17) is 21.1 Å². The van der Waals surface area contributed by atoms with Gasteiger partial charge in [-0.05, 0) is 55.5 Å². The molecule has 0 fully saturated rings. The number of para-hydroxylation sites is 2. The third-order valence-electron chi connectivity index (χ3n) is 3.92. The highest BCUT2D eigenvalue weighted by Gasteiger charge is 2.14. The van der Waals surface area contributed by atoms with Crippen LogP contribution in [0.4, 0.5) is 10.1 Å². The average molecular weight is 400 g/mol. The van der Waals surface area contributed by atoms with E-state index in [1.165, 1.54) is 12.1 Å². The van der Waals surface area contributed by atoms with Crippen molar-refractivity contribution in [3.63, 3.8) is 0 Å². The minimum Gasteiger partial charge on any atom is -0.494 e. The summed E-state index contributed by atoms with van der Waals surface area (Å²) in [4.78, 5) is 12.4. The maximum Gasteiger partial charge on any atom is 0.229 e. The maximum absolute atomic E-state index is 13.9. The molecule has 4 nitrogen and oxygen atoms in total. The van der Waals surface area contributed by atoms with Crippen LogP contribution < -0.4 is 14.8 Å². The van der Waals surface area contributed by atoms with E-state index in [9.17, 15) is 9.18 Å². The van der Waals surface area contributed by atoms with Gasteiger partial charge in [0.1, 0.15) is 17.3 Å². The summed E-state index contributed by atoms with van der Waals surface area (Å²) >= 11 is 6.00. The Balaban J connectivity index is 1.72. The van der Waals surface area contributed by atoms with Crippen molar-refractivity contribution in [2.24, 2.45) is 0 Å². The molecule has 0 spiro atoms. The van der Waals surface area contributed by atoms with Crippen molar-refractivity contribution in [2.75, 3.05) is 11.9 Å². The molecule has 0 aromatic heterocycles. The number of rotatable bonds is 7. The number of anilines is 1. The van der Waals surface area contributed by atoms with Crippen molar-refractivity contribution in [2.45, 2.75) is 13.3 Å². The number of hydrogen-bond donors (Lipinski definition) is 1. The van der Waals surface area contributed by atoms with Gasteiger partial charge in [-0.15, -0.1) is 0 Å². The Bertz CT molecular complexity index is 940. The topological polar surface area (TPSA) is 47.6 Å². The van der Waals surface area contributed by atoms with Crippen LogP contribution in [0, 0.1) is 5.82 Å². The summed E-state index contributed by atoms with van der Waals surface area (Å²) in [5.74, 6) is 0.913. The Hall–Kier alpha value is -3.05. The number of benzene rings is 3. The van der Waals surface area contributed by atoms with Gasteiger partial charge in [0.2, 0.25) is 5.91 Å². The summed E-state index contributed by atoms with van der Waals surface area (Å²) in [6.45, 7) is 2.50. The maximum atomic E-state index is 13.9. The molecular formula is C22H19ClFNO3. The van der Waals surface area contributed by atoms with Crippen LogP contribution in [0.3, 0.4) is 0 Å². The Morgan fingerprint density at radius 3 is 2.43 bits per heavy atom. The number of hydrogen-bond acceptors (Lipinski definition) is 3. The van der Waals surface area contributed by atoms with E-state index in [0.717, 1.165) is 5.75 Å². The number of ether oxygens (including phenoxy) is 2. The zero-order chi connectivity index (χ0) is 19.9. The molecule has 1 N–H and O–H groups in total. The molecule has 0 atom stereocenters. The SMILES string of the molecule is CCOc1ccc(Oc2ccccc2NC(=O)Cc2c(F)cccc2Cl)cc1. The van der Waals surface area contributed by atoms with Crippen LogP contribution in [0.1, 0.15) is 12.5 Å². The van der Waals surface area contributed by atoms with E-state index in [-0.39, 0.29) is 17.0 Å². The van der Waals surface area contributed by atoms with Crippen LogP contribution in [0.2, 0.25) is 5.02 Å². The molecular weight excluding hydrogens is 381 g/mol. The van der Waals surface area contributed by atoms with E-state index >= 15 is 0 Å². The third kappa shape index (κ3) is 5.02. The van der Waals surface area contributed by atoms with Gasteiger partial charge in [-0.2, -0.15) is 0 Å². The van der Waals surface area contributed by atoms with Crippen molar-refractivity contribution >= 4 is 23.2 Å². The summed E-state index contributed by atoms with van der Waals surface area (Å²) in [6, 6.07) is 18.5. The Morgan fingerprint density at radius 2 is 1.71 bits per heavy atom. The minimum absolute atomic E-state index is 0.159. The first kappa shape index (κ1) is 19.7. The van der Waals surface area contributed by atoms with Crippen molar-refractivity contribution in [1.82, 2.24) is 0 Å². The smallest absolute Gasteiger partial charge is 0.229 e. The fraction of sp³-hybridized carbons (Fsp3) is 0.136. The first-order valence-corrected chi connectivity index (χ1v) is 9.17. The molecule has 0 saturated heterocycles. The highest BCUT2D eigenvalue weighted by atomic mass is 35.5. The molecule has 144 valence electrons. The molecule has 0 unspecified atom stereocenters. The molecule has 0 aliphatic heterocycles. The predicted octanol–water partition coefficient (Wildman–Crippen LogP) is 5.85. The fourth-order valence-corrected chi connectivity index (χ4v) is 2.84. The molecule has 3 aromatic carbocycles. The largest absolute Gasteiger partial charge is 0.494 e. The third-order valence-corrected chi connectivity index (χ3v) is 4.28. The second-order valence-corrected chi connectivity index (χ2v) is 6.34. The second kappa shape index (κ2) is 9.24. The number of nitrogens with one attached hydrogen (secondary N) is 1. The lowest BCUT2D eigenvalue weighted by atomic mass is 10.1. The molecule has 0 aliphatic rings. The number of halogens is 2. The Kier molecular flexibility index (Phi) is 6.50. The summed E-state index contributed by atoms with van der Waals surface area (Å²) in [6.07, 6.45) is -0.178. The van der Waals surface area contributed by atoms with E-state index < -0.39 is 11.7 Å². The highest BCUT2D eigenvalue weighted by Crippen LogP contribution is 2.30. The van der Waals surface area contributed by atoms with Crippen LogP contribution in [-0.2, 0) is 11.2 Å². The van der Waals surface area contributed by atoms with E-state index in [1.54, 1.807) is 54.6 Å². The fourth-order valence-electron chi connectivity index (χ4n) is 2.61. The van der Waals surface area contributed by atoms with Crippen molar-refractivity contribution in [3.05, 3.63) is 83.1 Å². The van der Waals surface area contributed by atoms with Gasteiger partial charge < -0.3 is 14.8 Å². The van der Waals surface area contributed by atoms with E-state index in [1.807, 2.05) is 6.92 Å². The van der Waals surface area contributed by atoms with Gasteiger partial charge in [-0.3, -0.25) is 4.79 Å². The zero-order valence-electron chi connectivity index (χ0n) is 15.2. The molecule has 0 aliphatic carbocycles. The Morgan fingerprint density at radius 1 is 1.00 bits per heavy atom. The summed E-state index contributed by atoms with van der Waals surface area (Å²) < 4.78 is 25.2. The molecule has 0 bridgehead atoms. The van der Waals surface area contributed by atoms with Gasteiger partial charge in [-0.1, -0.05) is 29.8 Å². The minimum atomic E-state index is -0.512. The molecule has 28 heavy (non-hydrogen) atoms. The lowest BCUT2D eigenvalue weighted by molar-refractivity contribution is -0.115. The van der Waals surface area contributed by atoms with Gasteiger partial charge in [0.15, 0.2) is 5.75 Å². The number of carbonyl (C=O) groups excluding carboxylic acids is 1. The second-order valence-electron chi connectivity index (χ2n) is 5.93. The molecule has 3 aromatic rings. The number of carbonyl (C=O) groups is 1. The monoisotopic (exact) mass is 399 g/mol. The molecule has 6 heteroatoms. The summed E-state index contributed by atoms with van der Waals surface area (Å²) in [7, 11) is 0. The highest BCUT2D eigenvalue weighted by molar-refractivity contribution is 6.31. The molecule has 0 heterocycles. The normalized spacial score (nSPS) is 10.4. The zero-order valence-corrected chi connectivity index (χ0v) is 16.0. The van der Waals surface area contributed by atoms with Crippen LogP contribution in [0.25, 0.3) is 0 Å². The van der Waals surface area contributed by atoms with Gasteiger partial charge in [-0.25, -0.2) is 4.39 Å². The molecule has 3 rings (SSSR count). The quantitative estimate of drug-likeness (QED) is 0.542. The van der Waals surface area contributed by atoms with Gasteiger partial charge in [0.05, 0.1) is 18.7 Å². The van der Waals surface area contributed by atoms with Gasteiger partial charge in [0, 0.05) is 10.6 Å². The first-order chi connectivity index (χ1) is 13.6. The molecule has 0 saturated carbocycles. The standard InChI is InChI=1S/C22H19ClFNO3/c1-2-27-15-10-12-16(13-11-15)28-21-9-4-3-8-20(21)25-22(26)14-17-18(23)6-5-7-19(17)24/h3-13H,2,14H2,1H3,(H,25,26).